The molecule has 0 aromatic carbocycles. The number of hydrogen-bond donors (Lipinski definition) is 1. The van der Waals surface area contributed by atoms with Crippen molar-refractivity contribution in [3.05, 3.63) is 34.1 Å². The van der Waals surface area contributed by atoms with Crippen LogP contribution in [0, 0.1) is 0 Å². The zero-order valence-corrected chi connectivity index (χ0v) is 12.9. The van der Waals surface area contributed by atoms with Gasteiger partial charge < -0.3 is 14.6 Å². The number of thiophene rings is 1. The Morgan fingerprint density at radius 3 is 3.00 bits per heavy atom. The smallest absolute Gasteiger partial charge is 0.259 e. The molecule has 0 radical (unpaired) electrons. The summed E-state index contributed by atoms with van der Waals surface area (Å²) in [6, 6.07) is 3.91. The second kappa shape index (κ2) is 7.57. The molecule has 20 heavy (non-hydrogen) atoms. The summed E-state index contributed by atoms with van der Waals surface area (Å²) < 4.78 is 8.30. The van der Waals surface area contributed by atoms with E-state index in [4.69, 9.17) is 4.74 Å². The summed E-state index contributed by atoms with van der Waals surface area (Å²) in [5, 5.41) is 6.12. The van der Waals surface area contributed by atoms with Crippen LogP contribution >= 0.6 is 11.3 Å². The minimum Gasteiger partial charge on any atom is -0.379 e. The summed E-state index contributed by atoms with van der Waals surface area (Å²) in [5.41, 5.74) is 0.105. The van der Waals surface area contributed by atoms with Gasteiger partial charge in [0, 0.05) is 30.6 Å². The van der Waals surface area contributed by atoms with Gasteiger partial charge in [0.1, 0.15) is 0 Å². The number of nitrogens with one attached hydrogen (secondary N) is 1. The third kappa shape index (κ3) is 4.16. The zero-order valence-electron chi connectivity index (χ0n) is 12.1. The van der Waals surface area contributed by atoms with E-state index in [1.54, 1.807) is 15.9 Å². The van der Waals surface area contributed by atoms with E-state index in [0.29, 0.717) is 12.6 Å². The van der Waals surface area contributed by atoms with E-state index in [9.17, 15) is 4.79 Å². The van der Waals surface area contributed by atoms with Crippen LogP contribution in [-0.4, -0.2) is 30.4 Å². The van der Waals surface area contributed by atoms with Gasteiger partial charge in [-0.2, -0.15) is 0 Å². The fourth-order valence-electron chi connectivity index (χ4n) is 2.02. The minimum atomic E-state index is 0.105. The number of aromatic nitrogens is 1. The van der Waals surface area contributed by atoms with E-state index in [1.807, 2.05) is 37.6 Å². The van der Waals surface area contributed by atoms with E-state index in [-0.39, 0.29) is 5.56 Å². The average molecular weight is 294 g/mol. The molecule has 0 saturated heterocycles. The third-order valence-corrected chi connectivity index (χ3v) is 3.95. The van der Waals surface area contributed by atoms with E-state index in [1.165, 1.54) is 0 Å². The molecule has 0 aliphatic heterocycles. The molecule has 4 nitrogen and oxygen atoms in total. The Bertz CT molecular complexity index is 589. The van der Waals surface area contributed by atoms with Crippen LogP contribution in [0.5, 0.6) is 0 Å². The van der Waals surface area contributed by atoms with Crippen molar-refractivity contribution in [2.24, 2.45) is 0 Å². The number of hydrogen-bond acceptors (Lipinski definition) is 4. The Hall–Kier alpha value is -1.17. The standard InChI is InChI=1S/C15H22N2O2S/c1-12(2)19-10-3-6-16-7-9-17-8-4-14-13(15(17)18)5-11-20-14/h4-5,8,11-12,16H,3,6-7,9-10H2,1-2H3. The Morgan fingerprint density at radius 2 is 2.20 bits per heavy atom. The number of fused-ring (bicyclic) bond motifs is 1. The van der Waals surface area contributed by atoms with Crippen LogP contribution in [0.25, 0.3) is 10.1 Å². The lowest BCUT2D eigenvalue weighted by atomic mass is 10.3. The zero-order chi connectivity index (χ0) is 14.4. The summed E-state index contributed by atoms with van der Waals surface area (Å²) >= 11 is 1.61. The Morgan fingerprint density at radius 1 is 1.35 bits per heavy atom. The van der Waals surface area contributed by atoms with Crippen molar-refractivity contribution < 1.29 is 4.74 Å². The lowest BCUT2D eigenvalue weighted by molar-refractivity contribution is 0.0771. The maximum absolute atomic E-state index is 12.2. The summed E-state index contributed by atoms with van der Waals surface area (Å²) in [4.78, 5) is 12.2. The maximum atomic E-state index is 12.2. The minimum absolute atomic E-state index is 0.105. The first-order chi connectivity index (χ1) is 9.68. The van der Waals surface area contributed by atoms with Gasteiger partial charge in [-0.15, -0.1) is 11.3 Å². The van der Waals surface area contributed by atoms with Gasteiger partial charge in [-0.05, 0) is 44.3 Å². The van der Waals surface area contributed by atoms with Crippen LogP contribution in [0.4, 0.5) is 0 Å². The molecule has 0 atom stereocenters. The quantitative estimate of drug-likeness (QED) is 0.761. The molecule has 0 aliphatic carbocycles. The van der Waals surface area contributed by atoms with Gasteiger partial charge in [0.25, 0.3) is 5.56 Å². The van der Waals surface area contributed by atoms with Crippen LogP contribution in [0.1, 0.15) is 20.3 Å². The van der Waals surface area contributed by atoms with Gasteiger partial charge in [-0.25, -0.2) is 0 Å². The molecule has 0 unspecified atom stereocenters. The average Bonchev–Trinajstić information content (AvgIpc) is 2.89. The highest BCUT2D eigenvalue weighted by molar-refractivity contribution is 7.17. The first-order valence-corrected chi connectivity index (χ1v) is 7.95. The Labute approximate surface area is 123 Å². The maximum Gasteiger partial charge on any atom is 0.259 e. The number of pyridine rings is 1. The first kappa shape index (κ1) is 15.2. The molecule has 2 aromatic rings. The predicted molar refractivity (Wildman–Crippen MR) is 84.7 cm³/mol. The van der Waals surface area contributed by atoms with Crippen molar-refractivity contribution in [3.8, 4) is 0 Å². The third-order valence-electron chi connectivity index (χ3n) is 3.07. The number of nitrogens with zero attached hydrogens (tertiary/aromatic N) is 1. The molecule has 2 aromatic heterocycles. The summed E-state index contributed by atoms with van der Waals surface area (Å²) in [6.45, 7) is 7.29. The Kier molecular flexibility index (Phi) is 5.76. The molecule has 2 rings (SSSR count). The highest BCUT2D eigenvalue weighted by Gasteiger charge is 2.02. The van der Waals surface area contributed by atoms with Gasteiger partial charge in [0.15, 0.2) is 0 Å². The van der Waals surface area contributed by atoms with Gasteiger partial charge in [-0.3, -0.25) is 4.79 Å². The van der Waals surface area contributed by atoms with Crippen molar-refractivity contribution in [2.75, 3.05) is 19.7 Å². The first-order valence-electron chi connectivity index (χ1n) is 7.07. The second-order valence-electron chi connectivity index (χ2n) is 5.04. The molecule has 2 heterocycles. The fourth-order valence-corrected chi connectivity index (χ4v) is 2.80. The van der Waals surface area contributed by atoms with Crippen molar-refractivity contribution in [1.82, 2.24) is 9.88 Å². The monoisotopic (exact) mass is 294 g/mol. The van der Waals surface area contributed by atoms with Crippen LogP contribution in [0.3, 0.4) is 0 Å². The van der Waals surface area contributed by atoms with E-state index >= 15 is 0 Å². The van der Waals surface area contributed by atoms with Gasteiger partial charge in [0.2, 0.25) is 0 Å². The molecule has 0 spiro atoms. The van der Waals surface area contributed by atoms with Crippen LogP contribution in [0.15, 0.2) is 28.5 Å². The van der Waals surface area contributed by atoms with Crippen molar-refractivity contribution in [2.45, 2.75) is 32.9 Å². The highest BCUT2D eigenvalue weighted by atomic mass is 32.1. The largest absolute Gasteiger partial charge is 0.379 e. The van der Waals surface area contributed by atoms with Crippen LogP contribution in [0.2, 0.25) is 0 Å². The molecular formula is C15H22N2O2S. The molecule has 0 bridgehead atoms. The summed E-state index contributed by atoms with van der Waals surface area (Å²) in [5.74, 6) is 0. The van der Waals surface area contributed by atoms with Crippen molar-refractivity contribution in [1.29, 1.82) is 0 Å². The molecule has 0 aliphatic rings. The molecule has 5 heteroatoms. The van der Waals surface area contributed by atoms with E-state index < -0.39 is 0 Å². The fraction of sp³-hybridized carbons (Fsp3) is 0.533. The molecule has 110 valence electrons. The second-order valence-corrected chi connectivity index (χ2v) is 5.98. The molecule has 0 saturated carbocycles. The highest BCUT2D eigenvalue weighted by Crippen LogP contribution is 2.15. The topological polar surface area (TPSA) is 43.3 Å². The van der Waals surface area contributed by atoms with Crippen LogP contribution in [-0.2, 0) is 11.3 Å². The van der Waals surface area contributed by atoms with Gasteiger partial charge in [-0.1, -0.05) is 0 Å². The van der Waals surface area contributed by atoms with Crippen molar-refractivity contribution in [3.63, 3.8) is 0 Å². The lowest BCUT2D eigenvalue weighted by Crippen LogP contribution is -2.27. The molecular weight excluding hydrogens is 272 g/mol. The van der Waals surface area contributed by atoms with E-state index in [2.05, 4.69) is 5.32 Å². The van der Waals surface area contributed by atoms with Gasteiger partial charge in [0.05, 0.1) is 11.5 Å². The summed E-state index contributed by atoms with van der Waals surface area (Å²) in [6.07, 6.45) is 3.17. The Balaban J connectivity index is 1.73. The molecule has 0 amide bonds. The van der Waals surface area contributed by atoms with E-state index in [0.717, 1.165) is 36.2 Å². The van der Waals surface area contributed by atoms with Gasteiger partial charge >= 0.3 is 0 Å². The predicted octanol–water partition coefficient (Wildman–Crippen LogP) is 2.47. The SMILES string of the molecule is CC(C)OCCCNCCn1ccc2sccc2c1=O. The lowest BCUT2D eigenvalue weighted by Gasteiger charge is -2.09. The van der Waals surface area contributed by atoms with Crippen LogP contribution < -0.4 is 10.9 Å². The molecule has 0 fully saturated rings. The normalized spacial score (nSPS) is 11.6. The summed E-state index contributed by atoms with van der Waals surface area (Å²) in [7, 11) is 0. The van der Waals surface area contributed by atoms with Crippen molar-refractivity contribution >= 4 is 21.4 Å². The number of rotatable bonds is 8. The molecule has 1 N–H and O–H groups in total. The number of ether oxygens (including phenoxy) is 1.